The lowest BCUT2D eigenvalue weighted by atomic mass is 10.0. The van der Waals surface area contributed by atoms with Crippen molar-refractivity contribution in [2.45, 2.75) is 60.8 Å². The number of rotatable bonds is 14. The first-order valence-electron chi connectivity index (χ1n) is 14.1. The number of nitrogens with one attached hydrogen (secondary N) is 2. The van der Waals surface area contributed by atoms with Crippen LogP contribution in [0.2, 0.25) is 10.0 Å². The molecule has 0 unspecified atom stereocenters. The molecule has 4 aromatic rings. The fraction of sp³-hybridized carbons (Fsp3) is 0.323. The van der Waals surface area contributed by atoms with Gasteiger partial charge in [0.2, 0.25) is 11.8 Å². The molecule has 2 aromatic heterocycles. The molecule has 0 bridgehead atoms. The van der Waals surface area contributed by atoms with Gasteiger partial charge in [-0.2, -0.15) is 0 Å². The Morgan fingerprint density at radius 3 is 2.63 bits per heavy atom. The van der Waals surface area contributed by atoms with Crippen LogP contribution in [0.3, 0.4) is 0 Å². The first-order chi connectivity index (χ1) is 20.7. The highest BCUT2D eigenvalue weighted by atomic mass is 35.5. The van der Waals surface area contributed by atoms with Crippen molar-refractivity contribution in [3.63, 3.8) is 0 Å². The Balaban J connectivity index is 1.59. The van der Waals surface area contributed by atoms with Crippen LogP contribution in [0.1, 0.15) is 36.0 Å². The number of nitrogens with two attached hydrogens (primary N) is 3. The minimum Gasteiger partial charge on any atom is -0.361 e. The van der Waals surface area contributed by atoms with E-state index in [-0.39, 0.29) is 18.4 Å². The second kappa shape index (κ2) is 15.6. The fourth-order valence-corrected chi connectivity index (χ4v) is 6.55. The molecule has 2 atom stereocenters. The van der Waals surface area contributed by atoms with Crippen LogP contribution in [0.25, 0.3) is 10.9 Å². The summed E-state index contributed by atoms with van der Waals surface area (Å²) in [6.07, 6.45) is 5.85. The van der Waals surface area contributed by atoms with E-state index in [0.29, 0.717) is 51.5 Å². The molecule has 0 spiro atoms. The number of carbonyl (C=O) groups excluding carboxylic acids is 2. The van der Waals surface area contributed by atoms with Crippen molar-refractivity contribution in [1.29, 1.82) is 0 Å². The molecule has 228 valence electrons. The molecular formula is C31H37Cl2N7O2S. The summed E-state index contributed by atoms with van der Waals surface area (Å²) in [6.45, 7) is 0.975. The van der Waals surface area contributed by atoms with Crippen molar-refractivity contribution in [1.82, 2.24) is 20.2 Å². The molecule has 4 rings (SSSR count). The quantitative estimate of drug-likeness (QED) is 0.126. The number of hydrogen-bond acceptors (Lipinski definition) is 7. The number of aromatic amines is 1. The van der Waals surface area contributed by atoms with Gasteiger partial charge in [0.25, 0.3) is 0 Å². The first-order valence-corrected chi connectivity index (χ1v) is 15.7. The van der Waals surface area contributed by atoms with E-state index < -0.39 is 12.1 Å². The van der Waals surface area contributed by atoms with Gasteiger partial charge in [-0.25, -0.2) is 4.98 Å². The number of likely N-dealkylation sites (N-methyl/N-ethyl adjacent to an activating group) is 1. The summed E-state index contributed by atoms with van der Waals surface area (Å²) in [5, 5.41) is 5.59. The van der Waals surface area contributed by atoms with Crippen molar-refractivity contribution in [2.24, 2.45) is 17.2 Å². The van der Waals surface area contributed by atoms with E-state index in [0.717, 1.165) is 34.9 Å². The van der Waals surface area contributed by atoms with E-state index >= 15 is 0 Å². The predicted molar refractivity (Wildman–Crippen MR) is 174 cm³/mol. The lowest BCUT2D eigenvalue weighted by molar-refractivity contribution is -0.140. The van der Waals surface area contributed by atoms with Gasteiger partial charge in [0.15, 0.2) is 0 Å². The maximum atomic E-state index is 13.9. The van der Waals surface area contributed by atoms with Crippen LogP contribution in [0.5, 0.6) is 0 Å². The average Bonchev–Trinajstić information content (AvgIpc) is 3.42. The number of carbonyl (C=O) groups is 2. The van der Waals surface area contributed by atoms with Gasteiger partial charge in [0.05, 0.1) is 11.1 Å². The van der Waals surface area contributed by atoms with Gasteiger partial charge in [-0.15, -0.1) is 0 Å². The molecule has 12 heteroatoms. The van der Waals surface area contributed by atoms with Crippen LogP contribution in [0, 0.1) is 0 Å². The zero-order chi connectivity index (χ0) is 30.9. The molecular weight excluding hydrogens is 605 g/mol. The van der Waals surface area contributed by atoms with Crippen LogP contribution in [-0.4, -0.2) is 52.4 Å². The standard InChI is InChI=1S/C31H37Cl2N7O2S/c1-40(31(42)25(36)9-4-5-11-34)27(14-20-17-38-26-10-3-2-8-23(20)26)29(41)39-18-21-13-22(32)15-24(33)28(21)43-30-19(16-35)7-6-12-37-30/h2-3,6-8,10,12-13,15,17,25,27,38H,4-5,9,11,14,16,18,34-36H2,1H3,(H,39,41)/t25-,27-/m0/s1. The topological polar surface area (TPSA) is 156 Å². The SMILES string of the molecule is CN(C(=O)[C@@H](N)CCCCN)[C@@H](Cc1c[nH]c2ccccc12)C(=O)NCc1cc(Cl)cc(Cl)c1Sc1ncccc1CN. The number of benzene rings is 2. The zero-order valence-electron chi connectivity index (χ0n) is 24.0. The van der Waals surface area contributed by atoms with Crippen LogP contribution >= 0.6 is 35.0 Å². The average molecular weight is 643 g/mol. The summed E-state index contributed by atoms with van der Waals surface area (Å²) in [5.74, 6) is -0.633. The van der Waals surface area contributed by atoms with Gasteiger partial charge >= 0.3 is 0 Å². The molecule has 9 nitrogen and oxygen atoms in total. The number of hydrogen-bond donors (Lipinski definition) is 5. The van der Waals surface area contributed by atoms with E-state index in [1.165, 1.54) is 16.7 Å². The van der Waals surface area contributed by atoms with Crippen LogP contribution in [0.15, 0.2) is 70.8 Å². The number of nitrogens with zero attached hydrogens (tertiary/aromatic N) is 2. The Labute approximate surface area is 265 Å². The molecule has 0 aliphatic rings. The van der Waals surface area contributed by atoms with E-state index in [9.17, 15) is 9.59 Å². The number of unbranched alkanes of at least 4 members (excludes halogenated alkanes) is 1. The van der Waals surface area contributed by atoms with Crippen LogP contribution in [-0.2, 0) is 29.1 Å². The van der Waals surface area contributed by atoms with E-state index in [4.69, 9.17) is 40.4 Å². The summed E-state index contributed by atoms with van der Waals surface area (Å²) in [5.41, 5.74) is 21.2. The molecule has 2 amide bonds. The summed E-state index contributed by atoms with van der Waals surface area (Å²) in [7, 11) is 1.62. The van der Waals surface area contributed by atoms with Gasteiger partial charge < -0.3 is 32.4 Å². The first kappa shape index (κ1) is 32.8. The molecule has 2 aromatic carbocycles. The molecule has 0 fully saturated rings. The van der Waals surface area contributed by atoms with E-state index in [2.05, 4.69) is 15.3 Å². The summed E-state index contributed by atoms with van der Waals surface area (Å²) in [6, 6.07) is 13.4. The maximum absolute atomic E-state index is 13.9. The highest BCUT2D eigenvalue weighted by molar-refractivity contribution is 7.99. The Bertz CT molecular complexity index is 1560. The lowest BCUT2D eigenvalue weighted by Crippen LogP contribution is -2.53. The van der Waals surface area contributed by atoms with Gasteiger partial charge in [0.1, 0.15) is 11.1 Å². The van der Waals surface area contributed by atoms with Gasteiger partial charge in [-0.05, 0) is 60.3 Å². The normalized spacial score (nSPS) is 12.7. The third kappa shape index (κ3) is 8.29. The molecule has 0 saturated heterocycles. The third-order valence-corrected chi connectivity index (χ3v) is 9.17. The summed E-state index contributed by atoms with van der Waals surface area (Å²) in [4.78, 5) is 37.1. The highest BCUT2D eigenvalue weighted by Crippen LogP contribution is 2.38. The molecule has 0 saturated carbocycles. The Morgan fingerprint density at radius 2 is 1.86 bits per heavy atom. The number of H-pyrrole nitrogens is 1. The molecule has 43 heavy (non-hydrogen) atoms. The smallest absolute Gasteiger partial charge is 0.243 e. The number of halogens is 2. The fourth-order valence-electron chi connectivity index (χ4n) is 4.89. The van der Waals surface area contributed by atoms with Crippen molar-refractivity contribution >= 4 is 57.7 Å². The second-order valence-corrected chi connectivity index (χ2v) is 12.1. The minimum absolute atomic E-state index is 0.126. The number of fused-ring (bicyclic) bond motifs is 1. The molecule has 0 aliphatic heterocycles. The number of pyridine rings is 1. The molecule has 2 heterocycles. The summed E-state index contributed by atoms with van der Waals surface area (Å²) >= 11 is 14.4. The number of aromatic nitrogens is 2. The van der Waals surface area contributed by atoms with Gasteiger partial charge in [-0.1, -0.05) is 65.7 Å². The zero-order valence-corrected chi connectivity index (χ0v) is 26.3. The number of para-hydroxylation sites is 1. The predicted octanol–water partition coefficient (Wildman–Crippen LogP) is 4.62. The van der Waals surface area contributed by atoms with Gasteiger partial charge in [0, 0.05) is 59.8 Å². The van der Waals surface area contributed by atoms with Crippen molar-refractivity contribution in [2.75, 3.05) is 13.6 Å². The van der Waals surface area contributed by atoms with E-state index in [1.807, 2.05) is 42.6 Å². The third-order valence-electron chi connectivity index (χ3n) is 7.30. The van der Waals surface area contributed by atoms with Gasteiger partial charge in [-0.3, -0.25) is 9.59 Å². The van der Waals surface area contributed by atoms with Crippen molar-refractivity contribution in [3.05, 3.63) is 87.7 Å². The lowest BCUT2D eigenvalue weighted by Gasteiger charge is -2.29. The molecule has 8 N–H and O–H groups in total. The minimum atomic E-state index is -0.822. The number of amides is 2. The Morgan fingerprint density at radius 1 is 1.07 bits per heavy atom. The van der Waals surface area contributed by atoms with Crippen molar-refractivity contribution < 1.29 is 9.59 Å². The molecule has 0 radical (unpaired) electrons. The van der Waals surface area contributed by atoms with Crippen LogP contribution in [0.4, 0.5) is 0 Å². The monoisotopic (exact) mass is 641 g/mol. The second-order valence-electron chi connectivity index (χ2n) is 10.3. The highest BCUT2D eigenvalue weighted by Gasteiger charge is 2.31. The molecule has 0 aliphatic carbocycles. The largest absolute Gasteiger partial charge is 0.361 e. The maximum Gasteiger partial charge on any atom is 0.243 e. The van der Waals surface area contributed by atoms with Crippen molar-refractivity contribution in [3.8, 4) is 0 Å². The Hall–Kier alpha value is -3.12. The summed E-state index contributed by atoms with van der Waals surface area (Å²) < 4.78 is 0. The van der Waals surface area contributed by atoms with Crippen LogP contribution < -0.4 is 22.5 Å². The Kier molecular flexibility index (Phi) is 11.9. The van der Waals surface area contributed by atoms with E-state index in [1.54, 1.807) is 25.4 Å².